The Morgan fingerprint density at radius 3 is 1.32 bits per heavy atom. The SMILES string of the molecule is COc1ccc(C(Cl)c2ccc(OC)c(OC)c2)cc1OC. The number of rotatable bonds is 6. The second kappa shape index (κ2) is 7.27. The van der Waals surface area contributed by atoms with Gasteiger partial charge in [-0.1, -0.05) is 12.1 Å². The molecule has 0 fully saturated rings. The molecule has 0 N–H and O–H groups in total. The molecule has 5 heteroatoms. The van der Waals surface area contributed by atoms with Crippen LogP contribution in [0.3, 0.4) is 0 Å². The molecule has 22 heavy (non-hydrogen) atoms. The molecular weight excluding hydrogens is 304 g/mol. The van der Waals surface area contributed by atoms with Crippen molar-refractivity contribution in [1.82, 2.24) is 0 Å². The summed E-state index contributed by atoms with van der Waals surface area (Å²) in [6.07, 6.45) is 0. The van der Waals surface area contributed by atoms with E-state index in [1.165, 1.54) is 0 Å². The van der Waals surface area contributed by atoms with Gasteiger partial charge in [-0.15, -0.1) is 11.6 Å². The molecule has 0 radical (unpaired) electrons. The van der Waals surface area contributed by atoms with Crippen LogP contribution in [0.5, 0.6) is 23.0 Å². The number of hydrogen-bond acceptors (Lipinski definition) is 4. The van der Waals surface area contributed by atoms with Crippen LogP contribution < -0.4 is 18.9 Å². The molecule has 118 valence electrons. The van der Waals surface area contributed by atoms with Gasteiger partial charge in [0, 0.05) is 0 Å². The van der Waals surface area contributed by atoms with Crippen molar-refractivity contribution in [3.8, 4) is 23.0 Å². The van der Waals surface area contributed by atoms with E-state index in [0.29, 0.717) is 23.0 Å². The lowest BCUT2D eigenvalue weighted by atomic mass is 10.0. The van der Waals surface area contributed by atoms with Crippen LogP contribution in [0.1, 0.15) is 16.5 Å². The van der Waals surface area contributed by atoms with Crippen molar-refractivity contribution in [3.05, 3.63) is 47.5 Å². The number of methoxy groups -OCH3 is 4. The molecule has 0 amide bonds. The molecule has 2 aromatic rings. The maximum Gasteiger partial charge on any atom is 0.161 e. The molecule has 0 saturated carbocycles. The summed E-state index contributed by atoms with van der Waals surface area (Å²) < 4.78 is 21.1. The van der Waals surface area contributed by atoms with Crippen molar-refractivity contribution in [2.24, 2.45) is 0 Å². The molecule has 4 nitrogen and oxygen atoms in total. The Hall–Kier alpha value is -2.07. The van der Waals surface area contributed by atoms with Gasteiger partial charge in [-0.25, -0.2) is 0 Å². The molecule has 0 unspecified atom stereocenters. The van der Waals surface area contributed by atoms with E-state index >= 15 is 0 Å². The maximum atomic E-state index is 6.59. The summed E-state index contributed by atoms with van der Waals surface area (Å²) in [6, 6.07) is 11.2. The third-order valence-electron chi connectivity index (χ3n) is 3.40. The second-order valence-electron chi connectivity index (χ2n) is 4.59. The fraction of sp³-hybridized carbons (Fsp3) is 0.294. The summed E-state index contributed by atoms with van der Waals surface area (Å²) in [5.41, 5.74) is 1.82. The highest BCUT2D eigenvalue weighted by molar-refractivity contribution is 6.22. The third kappa shape index (κ3) is 3.22. The number of alkyl halides is 1. The lowest BCUT2D eigenvalue weighted by Gasteiger charge is -2.15. The third-order valence-corrected chi connectivity index (χ3v) is 3.90. The minimum absolute atomic E-state index is 0.334. The van der Waals surface area contributed by atoms with Gasteiger partial charge in [0.05, 0.1) is 33.8 Å². The normalized spacial score (nSPS) is 10.5. The Balaban J connectivity index is 2.37. The van der Waals surface area contributed by atoms with Crippen LogP contribution in [0.2, 0.25) is 0 Å². The van der Waals surface area contributed by atoms with Crippen molar-refractivity contribution in [3.63, 3.8) is 0 Å². The van der Waals surface area contributed by atoms with E-state index < -0.39 is 0 Å². The van der Waals surface area contributed by atoms with Gasteiger partial charge in [0.2, 0.25) is 0 Å². The number of ether oxygens (including phenoxy) is 4. The Kier molecular flexibility index (Phi) is 5.39. The van der Waals surface area contributed by atoms with Crippen LogP contribution in [-0.2, 0) is 0 Å². The van der Waals surface area contributed by atoms with E-state index in [1.807, 2.05) is 36.4 Å². The van der Waals surface area contributed by atoms with Crippen molar-refractivity contribution in [1.29, 1.82) is 0 Å². The molecule has 0 aromatic heterocycles. The summed E-state index contributed by atoms with van der Waals surface area (Å²) in [7, 11) is 6.40. The van der Waals surface area contributed by atoms with Gasteiger partial charge in [0.1, 0.15) is 0 Å². The van der Waals surface area contributed by atoms with E-state index in [9.17, 15) is 0 Å². The van der Waals surface area contributed by atoms with Crippen LogP contribution >= 0.6 is 11.6 Å². The maximum absolute atomic E-state index is 6.59. The predicted octanol–water partition coefficient (Wildman–Crippen LogP) is 4.05. The molecule has 0 heterocycles. The first kappa shape index (κ1) is 16.3. The zero-order chi connectivity index (χ0) is 16.1. The molecule has 0 saturated heterocycles. The highest BCUT2D eigenvalue weighted by atomic mass is 35.5. The van der Waals surface area contributed by atoms with Gasteiger partial charge < -0.3 is 18.9 Å². The Morgan fingerprint density at radius 1 is 0.636 bits per heavy atom. The molecule has 0 aliphatic heterocycles. The molecule has 2 aromatic carbocycles. The van der Waals surface area contributed by atoms with E-state index in [1.54, 1.807) is 28.4 Å². The zero-order valence-corrected chi connectivity index (χ0v) is 13.8. The second-order valence-corrected chi connectivity index (χ2v) is 5.03. The molecular formula is C17H19ClO4. The lowest BCUT2D eigenvalue weighted by Crippen LogP contribution is -1.98. The van der Waals surface area contributed by atoms with Crippen LogP contribution in [0, 0.1) is 0 Å². The monoisotopic (exact) mass is 322 g/mol. The first-order valence-corrected chi connectivity index (χ1v) is 7.16. The van der Waals surface area contributed by atoms with Gasteiger partial charge >= 0.3 is 0 Å². The minimum Gasteiger partial charge on any atom is -0.493 e. The highest BCUT2D eigenvalue weighted by Gasteiger charge is 2.16. The fourth-order valence-corrected chi connectivity index (χ4v) is 2.48. The molecule has 2 rings (SSSR count). The summed E-state index contributed by atoms with van der Waals surface area (Å²) >= 11 is 6.59. The molecule has 0 aliphatic rings. The number of benzene rings is 2. The van der Waals surface area contributed by atoms with Crippen LogP contribution in [-0.4, -0.2) is 28.4 Å². The topological polar surface area (TPSA) is 36.9 Å². The average molecular weight is 323 g/mol. The molecule has 0 aliphatic carbocycles. The highest BCUT2D eigenvalue weighted by Crippen LogP contribution is 2.38. The minimum atomic E-state index is -0.334. The van der Waals surface area contributed by atoms with E-state index in [-0.39, 0.29) is 5.38 Å². The van der Waals surface area contributed by atoms with E-state index in [4.69, 9.17) is 30.5 Å². The smallest absolute Gasteiger partial charge is 0.161 e. The van der Waals surface area contributed by atoms with Gasteiger partial charge in [-0.2, -0.15) is 0 Å². The average Bonchev–Trinajstić information content (AvgIpc) is 2.59. The van der Waals surface area contributed by atoms with Crippen LogP contribution in [0.25, 0.3) is 0 Å². The Morgan fingerprint density at radius 2 is 1.00 bits per heavy atom. The van der Waals surface area contributed by atoms with E-state index in [0.717, 1.165) is 11.1 Å². The van der Waals surface area contributed by atoms with Crippen molar-refractivity contribution in [2.45, 2.75) is 5.38 Å². The van der Waals surface area contributed by atoms with Gasteiger partial charge in [0.15, 0.2) is 23.0 Å². The largest absolute Gasteiger partial charge is 0.493 e. The molecule has 0 atom stereocenters. The first-order valence-electron chi connectivity index (χ1n) is 6.72. The van der Waals surface area contributed by atoms with E-state index in [2.05, 4.69) is 0 Å². The standard InChI is InChI=1S/C17H19ClO4/c1-19-13-7-5-11(9-15(13)21-3)17(18)12-6-8-14(20-2)16(10-12)22-4/h5-10,17H,1-4H3. The van der Waals surface area contributed by atoms with Crippen molar-refractivity contribution >= 4 is 11.6 Å². The summed E-state index contributed by atoms with van der Waals surface area (Å²) in [4.78, 5) is 0. The summed E-state index contributed by atoms with van der Waals surface area (Å²) in [5.74, 6) is 2.63. The lowest BCUT2D eigenvalue weighted by molar-refractivity contribution is 0.354. The fourth-order valence-electron chi connectivity index (χ4n) is 2.21. The van der Waals surface area contributed by atoms with Crippen LogP contribution in [0.15, 0.2) is 36.4 Å². The van der Waals surface area contributed by atoms with Gasteiger partial charge in [-0.3, -0.25) is 0 Å². The summed E-state index contributed by atoms with van der Waals surface area (Å²) in [6.45, 7) is 0. The number of halogens is 1. The van der Waals surface area contributed by atoms with Gasteiger partial charge in [-0.05, 0) is 35.4 Å². The number of hydrogen-bond donors (Lipinski definition) is 0. The van der Waals surface area contributed by atoms with Crippen molar-refractivity contribution < 1.29 is 18.9 Å². The van der Waals surface area contributed by atoms with Crippen molar-refractivity contribution in [2.75, 3.05) is 28.4 Å². The first-order chi connectivity index (χ1) is 10.6. The predicted molar refractivity (Wildman–Crippen MR) is 86.8 cm³/mol. The zero-order valence-electron chi connectivity index (χ0n) is 13.1. The van der Waals surface area contributed by atoms with Crippen LogP contribution in [0.4, 0.5) is 0 Å². The molecule has 0 spiro atoms. The quantitative estimate of drug-likeness (QED) is 0.752. The Bertz CT molecular complexity index is 587. The Labute approximate surface area is 135 Å². The van der Waals surface area contributed by atoms with Gasteiger partial charge in [0.25, 0.3) is 0 Å². The molecule has 0 bridgehead atoms. The summed E-state index contributed by atoms with van der Waals surface area (Å²) in [5, 5.41) is -0.334.